The Bertz CT molecular complexity index is 2250. The molecule has 54 heavy (non-hydrogen) atoms. The summed E-state index contributed by atoms with van der Waals surface area (Å²) in [5, 5.41) is 8.24. The molecule has 2 amide bonds. The molecule has 2 fully saturated rings. The van der Waals surface area contributed by atoms with Crippen molar-refractivity contribution in [2.24, 2.45) is 0 Å². The van der Waals surface area contributed by atoms with Crippen molar-refractivity contribution in [2.75, 3.05) is 22.9 Å². The fraction of sp³-hybridized carbons (Fsp3) is 0.125. The Morgan fingerprint density at radius 3 is 1.85 bits per heavy atom. The van der Waals surface area contributed by atoms with E-state index in [4.69, 9.17) is 10.4 Å². The van der Waals surface area contributed by atoms with Gasteiger partial charge in [0.15, 0.2) is 0 Å². The third kappa shape index (κ3) is 8.35. The molecule has 6 heteroatoms. The molecule has 3 aromatic carbocycles. The number of rotatable bonds is 14. The molecule has 268 valence electrons. The molecular formula is C48H44N4O2. The maximum Gasteiger partial charge on any atom is 0.227 e. The number of hydrogen-bond donors (Lipinski definition) is 1. The van der Waals surface area contributed by atoms with Crippen LogP contribution in [0.2, 0.25) is 0 Å². The van der Waals surface area contributed by atoms with Gasteiger partial charge in [-0.25, -0.2) is 0 Å². The summed E-state index contributed by atoms with van der Waals surface area (Å²) in [5.74, 6) is 0.125. The second-order valence-corrected chi connectivity index (χ2v) is 13.3. The third-order valence-corrected chi connectivity index (χ3v) is 9.68. The number of aromatic nitrogens is 1. The summed E-state index contributed by atoms with van der Waals surface area (Å²) in [6.07, 6.45) is 16.5. The number of benzene rings is 3. The van der Waals surface area contributed by atoms with Crippen LogP contribution < -0.4 is 9.80 Å². The van der Waals surface area contributed by atoms with E-state index in [9.17, 15) is 9.59 Å². The molecule has 3 heterocycles. The van der Waals surface area contributed by atoms with Gasteiger partial charge >= 0.3 is 0 Å². The highest BCUT2D eigenvalue weighted by Crippen LogP contribution is 2.42. The van der Waals surface area contributed by atoms with E-state index in [1.807, 2.05) is 76.7 Å². The van der Waals surface area contributed by atoms with Gasteiger partial charge in [-0.15, -0.1) is 0 Å². The number of anilines is 2. The third-order valence-electron chi connectivity index (χ3n) is 9.68. The number of amides is 2. The number of allylic oxidation sites excluding steroid dienone is 11. The zero-order valence-electron chi connectivity index (χ0n) is 30.6. The summed E-state index contributed by atoms with van der Waals surface area (Å²) in [5.41, 5.74) is 10.9. The maximum absolute atomic E-state index is 13.3. The minimum atomic E-state index is 0.0562. The van der Waals surface area contributed by atoms with Crippen molar-refractivity contribution in [1.29, 1.82) is 5.41 Å². The Morgan fingerprint density at radius 1 is 0.648 bits per heavy atom. The summed E-state index contributed by atoms with van der Waals surface area (Å²) < 4.78 is 0. The Hall–Kier alpha value is -6.66. The molecule has 6 rings (SSSR count). The van der Waals surface area contributed by atoms with Gasteiger partial charge in [0.25, 0.3) is 0 Å². The number of nitrogens with one attached hydrogen (secondary N) is 1. The number of carbonyl (C=O) groups excluding carboxylic acids is 2. The quantitative estimate of drug-likeness (QED) is 0.105. The molecule has 2 saturated heterocycles. The monoisotopic (exact) mass is 708 g/mol. The van der Waals surface area contributed by atoms with E-state index in [1.165, 1.54) is 0 Å². The van der Waals surface area contributed by atoms with Crippen molar-refractivity contribution in [3.8, 4) is 33.5 Å². The second-order valence-electron chi connectivity index (χ2n) is 13.3. The van der Waals surface area contributed by atoms with Gasteiger partial charge in [0.05, 0.1) is 22.8 Å². The summed E-state index contributed by atoms with van der Waals surface area (Å²) in [7, 11) is 0. The lowest BCUT2D eigenvalue weighted by Crippen LogP contribution is -2.27. The predicted molar refractivity (Wildman–Crippen MR) is 226 cm³/mol. The molecule has 6 nitrogen and oxygen atoms in total. The number of carbonyl (C=O) groups is 2. The molecule has 0 saturated carbocycles. The average Bonchev–Trinajstić information content (AvgIpc) is 3.84. The van der Waals surface area contributed by atoms with Crippen LogP contribution >= 0.6 is 0 Å². The van der Waals surface area contributed by atoms with Crippen LogP contribution in [-0.2, 0) is 9.59 Å². The summed E-state index contributed by atoms with van der Waals surface area (Å²) >= 11 is 0. The standard InChI is InChI=1S/C48H44N4O2/c1-6-7-13-36(5)43(49)26-20-34(3)33(2)18-19-35(4)41-30-46(52-29-12-17-48(52)54)42(31-45(41)51-28-11-16-47(51)53)38-23-21-37(22-24-38)40-25-27-44(50-32-40)39-14-9-8-10-15-39/h6-10,13-15,18-27,30-32,49H,1-5,11-12,16-17,28-29H2/b13-7-,19-18-,26-20-,49-43?. The van der Waals surface area contributed by atoms with Crippen molar-refractivity contribution in [1.82, 2.24) is 4.98 Å². The van der Waals surface area contributed by atoms with Crippen LogP contribution in [0.3, 0.4) is 0 Å². The first kappa shape index (κ1) is 37.1. The van der Waals surface area contributed by atoms with Crippen molar-refractivity contribution < 1.29 is 9.59 Å². The SMILES string of the molecule is C=C/C=C\C(=C)C(=N)/C=C\C(=C)C(=C)/C=C\C(=C)c1cc(N2CCCC2=O)c(-c2ccc(-c3ccc(-c4ccccc4)nc3)cc2)cc1N1CCCC1=O. The molecule has 0 unspecified atom stereocenters. The van der Waals surface area contributed by atoms with Gasteiger partial charge in [0.2, 0.25) is 11.8 Å². The molecule has 0 atom stereocenters. The van der Waals surface area contributed by atoms with Gasteiger partial charge in [-0.05, 0) is 70.5 Å². The Kier molecular flexibility index (Phi) is 11.5. The normalized spacial score (nSPS) is 14.4. The molecule has 4 aromatic rings. The van der Waals surface area contributed by atoms with E-state index >= 15 is 0 Å². The van der Waals surface area contributed by atoms with E-state index in [1.54, 1.807) is 30.4 Å². The largest absolute Gasteiger partial charge is 0.312 e. The number of nitrogens with zero attached hydrogens (tertiary/aromatic N) is 3. The Balaban J connectivity index is 1.32. The first-order chi connectivity index (χ1) is 26.1. The van der Waals surface area contributed by atoms with Gasteiger partial charge in [-0.2, -0.15) is 0 Å². The Morgan fingerprint density at radius 2 is 1.26 bits per heavy atom. The summed E-state index contributed by atoms with van der Waals surface area (Å²) in [6, 6.07) is 26.5. The molecule has 1 N–H and O–H groups in total. The van der Waals surface area contributed by atoms with Gasteiger partial charge in [-0.1, -0.05) is 130 Å². The molecule has 0 radical (unpaired) electrons. The topological polar surface area (TPSA) is 77.4 Å². The minimum Gasteiger partial charge on any atom is -0.312 e. The highest BCUT2D eigenvalue weighted by atomic mass is 16.2. The average molecular weight is 709 g/mol. The van der Waals surface area contributed by atoms with E-state index in [-0.39, 0.29) is 17.5 Å². The van der Waals surface area contributed by atoms with Crippen LogP contribution in [0.4, 0.5) is 11.4 Å². The summed E-state index contributed by atoms with van der Waals surface area (Å²) in [6.45, 7) is 21.5. The van der Waals surface area contributed by atoms with Crippen LogP contribution in [0, 0.1) is 5.41 Å². The number of pyridine rings is 1. The fourth-order valence-corrected chi connectivity index (χ4v) is 6.57. The molecule has 2 aliphatic rings. The first-order valence-corrected chi connectivity index (χ1v) is 18.1. The first-order valence-electron chi connectivity index (χ1n) is 18.1. The predicted octanol–water partition coefficient (Wildman–Crippen LogP) is 10.9. The van der Waals surface area contributed by atoms with E-state index < -0.39 is 0 Å². The van der Waals surface area contributed by atoms with Crippen molar-refractivity contribution in [2.45, 2.75) is 25.7 Å². The lowest BCUT2D eigenvalue weighted by molar-refractivity contribution is -0.117. The molecule has 2 aliphatic heterocycles. The van der Waals surface area contributed by atoms with E-state index in [0.717, 1.165) is 63.3 Å². The van der Waals surface area contributed by atoms with Gasteiger partial charge in [0.1, 0.15) is 0 Å². The fourth-order valence-electron chi connectivity index (χ4n) is 6.57. The van der Waals surface area contributed by atoms with Crippen LogP contribution in [0.25, 0.3) is 39.1 Å². The highest BCUT2D eigenvalue weighted by molar-refractivity contribution is 6.08. The van der Waals surface area contributed by atoms with Gasteiger partial charge in [-0.3, -0.25) is 14.6 Å². The molecule has 0 bridgehead atoms. The zero-order chi connectivity index (χ0) is 38.2. The van der Waals surface area contributed by atoms with Gasteiger partial charge in [0, 0.05) is 54.4 Å². The second kappa shape index (κ2) is 16.8. The van der Waals surface area contributed by atoms with E-state index in [0.29, 0.717) is 48.2 Å². The maximum atomic E-state index is 13.3. The van der Waals surface area contributed by atoms with Gasteiger partial charge < -0.3 is 15.2 Å². The van der Waals surface area contributed by atoms with Crippen LogP contribution in [0.15, 0.2) is 177 Å². The Labute approximate surface area is 318 Å². The van der Waals surface area contributed by atoms with Crippen LogP contribution in [0.1, 0.15) is 31.2 Å². The number of hydrogen-bond acceptors (Lipinski definition) is 4. The van der Waals surface area contributed by atoms with Crippen molar-refractivity contribution >= 4 is 34.5 Å². The smallest absolute Gasteiger partial charge is 0.227 e. The molecule has 0 aliphatic carbocycles. The molecule has 1 aromatic heterocycles. The summed E-state index contributed by atoms with van der Waals surface area (Å²) in [4.78, 5) is 34.9. The lowest BCUT2D eigenvalue weighted by Gasteiger charge is -2.27. The minimum absolute atomic E-state index is 0.0562. The molecule has 0 spiro atoms. The van der Waals surface area contributed by atoms with Crippen molar-refractivity contribution in [3.05, 3.63) is 183 Å². The lowest BCUT2D eigenvalue weighted by atomic mass is 9.93. The molecular weight excluding hydrogens is 665 g/mol. The van der Waals surface area contributed by atoms with Crippen LogP contribution in [0.5, 0.6) is 0 Å². The van der Waals surface area contributed by atoms with Crippen molar-refractivity contribution in [3.63, 3.8) is 0 Å². The van der Waals surface area contributed by atoms with E-state index in [2.05, 4.69) is 63.2 Å². The van der Waals surface area contributed by atoms with Crippen LogP contribution in [-0.4, -0.2) is 35.6 Å². The highest BCUT2D eigenvalue weighted by Gasteiger charge is 2.30. The zero-order valence-corrected chi connectivity index (χ0v) is 30.6.